The number of benzene rings is 1. The van der Waals surface area contributed by atoms with Gasteiger partial charge in [0.05, 0.1) is 7.11 Å². The van der Waals surface area contributed by atoms with Crippen LogP contribution in [0.3, 0.4) is 0 Å². The van der Waals surface area contributed by atoms with Gasteiger partial charge in [-0.3, -0.25) is 4.79 Å². The maximum atomic E-state index is 11.9. The summed E-state index contributed by atoms with van der Waals surface area (Å²) in [4.78, 5) is 16.1. The van der Waals surface area contributed by atoms with Crippen LogP contribution in [-0.4, -0.2) is 22.4 Å². The number of carbonyl (C=O) groups excluding carboxylic acids is 1. The first kappa shape index (κ1) is 13.3. The van der Waals surface area contributed by atoms with E-state index in [2.05, 4.69) is 4.98 Å². The van der Waals surface area contributed by atoms with Gasteiger partial charge in [0.2, 0.25) is 0 Å². The van der Waals surface area contributed by atoms with Crippen LogP contribution in [0, 0.1) is 0 Å². The summed E-state index contributed by atoms with van der Waals surface area (Å²) in [7, 11) is 3.57. The zero-order chi connectivity index (χ0) is 13.7. The molecule has 0 spiro atoms. The second-order valence-corrected chi connectivity index (χ2v) is 4.52. The summed E-state index contributed by atoms with van der Waals surface area (Å²) in [6.07, 6.45) is 5.33. The molecular weight excluding hydrogens is 240 g/mol. The van der Waals surface area contributed by atoms with Gasteiger partial charge in [0.1, 0.15) is 17.4 Å². The second-order valence-electron chi connectivity index (χ2n) is 4.52. The van der Waals surface area contributed by atoms with Crippen LogP contribution in [0.1, 0.15) is 17.8 Å². The third kappa shape index (κ3) is 3.68. The maximum absolute atomic E-state index is 11.9. The molecular formula is C15H18N2O2. The Labute approximate surface area is 113 Å². The Hall–Kier alpha value is -2.10. The van der Waals surface area contributed by atoms with Crippen LogP contribution in [0.4, 0.5) is 0 Å². The number of aromatic nitrogens is 2. The van der Waals surface area contributed by atoms with Crippen LogP contribution in [0.25, 0.3) is 0 Å². The first-order valence-corrected chi connectivity index (χ1v) is 6.30. The Morgan fingerprint density at radius 3 is 2.63 bits per heavy atom. The van der Waals surface area contributed by atoms with Crippen LogP contribution in [0.2, 0.25) is 0 Å². The lowest BCUT2D eigenvalue weighted by Gasteiger charge is -2.04. The average Bonchev–Trinajstić information content (AvgIpc) is 2.83. The summed E-state index contributed by atoms with van der Waals surface area (Å²) in [6, 6.07) is 7.61. The van der Waals surface area contributed by atoms with E-state index in [1.165, 1.54) is 0 Å². The number of aryl methyl sites for hydroxylation is 2. The Kier molecular flexibility index (Phi) is 4.34. The SMILES string of the molecule is COc1ccc(CC(=O)CCc2nccn2C)cc1. The van der Waals surface area contributed by atoms with Gasteiger partial charge < -0.3 is 9.30 Å². The van der Waals surface area contributed by atoms with Crippen molar-refractivity contribution >= 4 is 5.78 Å². The molecule has 19 heavy (non-hydrogen) atoms. The highest BCUT2D eigenvalue weighted by atomic mass is 16.5. The lowest BCUT2D eigenvalue weighted by molar-refractivity contribution is -0.118. The summed E-state index contributed by atoms with van der Waals surface area (Å²) < 4.78 is 7.03. The highest BCUT2D eigenvalue weighted by Gasteiger charge is 2.07. The summed E-state index contributed by atoms with van der Waals surface area (Å²) in [5.74, 6) is 1.99. The monoisotopic (exact) mass is 258 g/mol. The summed E-state index contributed by atoms with van der Waals surface area (Å²) in [5.41, 5.74) is 1.02. The van der Waals surface area contributed by atoms with Crippen molar-refractivity contribution in [3.8, 4) is 5.75 Å². The molecule has 4 heteroatoms. The molecule has 2 aromatic rings. The number of ketones is 1. The molecule has 1 aromatic carbocycles. The fourth-order valence-corrected chi connectivity index (χ4v) is 1.95. The molecule has 0 radical (unpaired) electrons. The number of hydrogen-bond acceptors (Lipinski definition) is 3. The van der Waals surface area contributed by atoms with Gasteiger partial charge in [-0.15, -0.1) is 0 Å². The minimum Gasteiger partial charge on any atom is -0.497 e. The molecule has 0 aliphatic heterocycles. The number of hydrogen-bond donors (Lipinski definition) is 0. The molecule has 0 bridgehead atoms. The topological polar surface area (TPSA) is 44.1 Å². The minimum atomic E-state index is 0.230. The maximum Gasteiger partial charge on any atom is 0.137 e. The first-order chi connectivity index (χ1) is 9.19. The molecule has 0 unspecified atom stereocenters. The summed E-state index contributed by atoms with van der Waals surface area (Å²) in [5, 5.41) is 0. The molecule has 0 aliphatic carbocycles. The predicted octanol–water partition coefficient (Wildman–Crippen LogP) is 2.17. The van der Waals surface area contributed by atoms with E-state index in [0.29, 0.717) is 19.3 Å². The van der Waals surface area contributed by atoms with Crippen molar-refractivity contribution in [3.05, 3.63) is 48.0 Å². The molecule has 0 saturated heterocycles. The van der Waals surface area contributed by atoms with Crippen molar-refractivity contribution in [2.24, 2.45) is 7.05 Å². The Morgan fingerprint density at radius 2 is 2.05 bits per heavy atom. The molecule has 100 valence electrons. The van der Waals surface area contributed by atoms with Crippen LogP contribution in [-0.2, 0) is 24.7 Å². The molecule has 0 aliphatic rings. The lowest BCUT2D eigenvalue weighted by atomic mass is 10.1. The van der Waals surface area contributed by atoms with E-state index in [4.69, 9.17) is 4.74 Å². The van der Waals surface area contributed by atoms with Gasteiger partial charge in [-0.1, -0.05) is 12.1 Å². The quantitative estimate of drug-likeness (QED) is 0.797. The van der Waals surface area contributed by atoms with Crippen molar-refractivity contribution in [3.63, 3.8) is 0 Å². The van der Waals surface area contributed by atoms with E-state index in [-0.39, 0.29) is 5.78 Å². The zero-order valence-corrected chi connectivity index (χ0v) is 11.3. The largest absolute Gasteiger partial charge is 0.497 e. The molecule has 0 N–H and O–H groups in total. The fourth-order valence-electron chi connectivity index (χ4n) is 1.95. The van der Waals surface area contributed by atoms with Gasteiger partial charge in [-0.25, -0.2) is 4.98 Å². The van der Waals surface area contributed by atoms with E-state index < -0.39 is 0 Å². The standard InChI is InChI=1S/C15H18N2O2/c1-17-10-9-16-15(17)8-5-13(18)11-12-3-6-14(19-2)7-4-12/h3-4,6-7,9-10H,5,8,11H2,1-2H3. The number of Topliss-reactive ketones (excluding diaryl/α,β-unsaturated/α-hetero) is 1. The van der Waals surface area contributed by atoms with Gasteiger partial charge in [0.15, 0.2) is 0 Å². The van der Waals surface area contributed by atoms with Gasteiger partial charge in [-0.05, 0) is 17.7 Å². The third-order valence-corrected chi connectivity index (χ3v) is 3.11. The van der Waals surface area contributed by atoms with Crippen molar-refractivity contribution in [1.29, 1.82) is 0 Å². The van der Waals surface area contributed by atoms with Crippen LogP contribution in [0.5, 0.6) is 5.75 Å². The predicted molar refractivity (Wildman–Crippen MR) is 73.2 cm³/mol. The summed E-state index contributed by atoms with van der Waals surface area (Å²) in [6.45, 7) is 0. The van der Waals surface area contributed by atoms with E-state index in [1.54, 1.807) is 13.3 Å². The highest BCUT2D eigenvalue weighted by molar-refractivity contribution is 5.81. The number of carbonyl (C=O) groups is 1. The van der Waals surface area contributed by atoms with Crippen molar-refractivity contribution < 1.29 is 9.53 Å². The summed E-state index contributed by atoms with van der Waals surface area (Å²) >= 11 is 0. The first-order valence-electron chi connectivity index (χ1n) is 6.30. The molecule has 1 heterocycles. The average molecular weight is 258 g/mol. The molecule has 0 saturated carbocycles. The molecule has 0 amide bonds. The van der Waals surface area contributed by atoms with Crippen LogP contribution >= 0.6 is 0 Å². The Morgan fingerprint density at radius 1 is 1.32 bits per heavy atom. The van der Waals surface area contributed by atoms with Gasteiger partial charge in [-0.2, -0.15) is 0 Å². The fraction of sp³-hybridized carbons (Fsp3) is 0.333. The molecule has 1 aromatic heterocycles. The smallest absolute Gasteiger partial charge is 0.137 e. The number of methoxy groups -OCH3 is 1. The third-order valence-electron chi connectivity index (χ3n) is 3.11. The van der Waals surface area contributed by atoms with E-state index >= 15 is 0 Å². The lowest BCUT2D eigenvalue weighted by Crippen LogP contribution is -2.07. The number of rotatable bonds is 6. The van der Waals surface area contributed by atoms with Crippen LogP contribution in [0.15, 0.2) is 36.7 Å². The van der Waals surface area contributed by atoms with Gasteiger partial charge >= 0.3 is 0 Å². The Balaban J connectivity index is 1.85. The van der Waals surface area contributed by atoms with Gasteiger partial charge in [0, 0.05) is 38.7 Å². The van der Waals surface area contributed by atoms with Crippen molar-refractivity contribution in [1.82, 2.24) is 9.55 Å². The van der Waals surface area contributed by atoms with E-state index in [9.17, 15) is 4.79 Å². The normalized spacial score (nSPS) is 10.4. The highest BCUT2D eigenvalue weighted by Crippen LogP contribution is 2.12. The number of ether oxygens (including phenoxy) is 1. The second kappa shape index (κ2) is 6.18. The number of imidazole rings is 1. The van der Waals surface area contributed by atoms with Crippen molar-refractivity contribution in [2.45, 2.75) is 19.3 Å². The van der Waals surface area contributed by atoms with Gasteiger partial charge in [0.25, 0.3) is 0 Å². The minimum absolute atomic E-state index is 0.230. The zero-order valence-electron chi connectivity index (χ0n) is 11.3. The molecule has 2 rings (SSSR count). The molecule has 0 fully saturated rings. The van der Waals surface area contributed by atoms with E-state index in [1.807, 2.05) is 42.1 Å². The molecule has 4 nitrogen and oxygen atoms in total. The van der Waals surface area contributed by atoms with E-state index in [0.717, 1.165) is 17.1 Å². The Bertz CT molecular complexity index is 544. The number of nitrogens with zero attached hydrogens (tertiary/aromatic N) is 2. The molecule has 0 atom stereocenters. The van der Waals surface area contributed by atoms with Crippen LogP contribution < -0.4 is 4.74 Å². The van der Waals surface area contributed by atoms with Crippen molar-refractivity contribution in [2.75, 3.05) is 7.11 Å².